The molecule has 0 unspecified atom stereocenters. The molecule has 0 fully saturated rings. The summed E-state index contributed by atoms with van der Waals surface area (Å²) in [4.78, 5) is 29.4. The molecular formula is C24H28N2O4. The summed E-state index contributed by atoms with van der Waals surface area (Å²) in [5.74, 6) is 0.315. The van der Waals surface area contributed by atoms with Gasteiger partial charge in [0.05, 0.1) is 24.5 Å². The van der Waals surface area contributed by atoms with Crippen LogP contribution in [0.25, 0.3) is 5.57 Å². The molecule has 30 heavy (non-hydrogen) atoms. The first kappa shape index (κ1) is 21.6. The van der Waals surface area contributed by atoms with E-state index in [1.165, 1.54) is 4.90 Å². The minimum atomic E-state index is -0.401. The lowest BCUT2D eigenvalue weighted by atomic mass is 10.0. The van der Waals surface area contributed by atoms with E-state index in [-0.39, 0.29) is 24.8 Å². The smallest absolute Gasteiger partial charge is 0.282 e. The number of rotatable bonds is 8. The molecule has 0 saturated carbocycles. The number of nitrogens with zero attached hydrogens (tertiary/aromatic N) is 2. The molecule has 1 heterocycles. The van der Waals surface area contributed by atoms with Crippen LogP contribution in [0.4, 0.5) is 5.69 Å². The number of aliphatic hydroxyl groups is 1. The van der Waals surface area contributed by atoms with Gasteiger partial charge in [-0.2, -0.15) is 0 Å². The second kappa shape index (κ2) is 9.13. The summed E-state index contributed by atoms with van der Waals surface area (Å²) in [6, 6.07) is 14.5. The number of imide groups is 1. The summed E-state index contributed by atoms with van der Waals surface area (Å²) >= 11 is 0. The van der Waals surface area contributed by atoms with Crippen molar-refractivity contribution in [2.24, 2.45) is 5.92 Å². The summed E-state index contributed by atoms with van der Waals surface area (Å²) in [5.41, 5.74) is 2.86. The number of anilines is 1. The van der Waals surface area contributed by atoms with Gasteiger partial charge in [0.15, 0.2) is 0 Å². The highest BCUT2D eigenvalue weighted by Crippen LogP contribution is 2.35. The third-order valence-corrected chi connectivity index (χ3v) is 4.90. The fourth-order valence-corrected chi connectivity index (χ4v) is 3.30. The number of carbonyl (C=O) groups excluding carboxylic acids is 2. The van der Waals surface area contributed by atoms with Crippen LogP contribution < -0.4 is 9.64 Å². The van der Waals surface area contributed by atoms with Crippen LogP contribution in [0.1, 0.15) is 25.0 Å². The second-order valence-electron chi connectivity index (χ2n) is 7.88. The predicted octanol–water partition coefficient (Wildman–Crippen LogP) is 3.24. The molecule has 0 radical (unpaired) electrons. The van der Waals surface area contributed by atoms with Gasteiger partial charge < -0.3 is 14.7 Å². The van der Waals surface area contributed by atoms with Gasteiger partial charge in [0.1, 0.15) is 11.4 Å². The van der Waals surface area contributed by atoms with Crippen LogP contribution in [0.2, 0.25) is 0 Å². The van der Waals surface area contributed by atoms with Crippen molar-refractivity contribution in [2.45, 2.75) is 20.8 Å². The number of likely N-dealkylation sites (N-methyl/N-ethyl adjacent to an activating group) is 1. The van der Waals surface area contributed by atoms with Crippen LogP contribution >= 0.6 is 0 Å². The van der Waals surface area contributed by atoms with Gasteiger partial charge in [-0.25, -0.2) is 4.90 Å². The Hall–Kier alpha value is -3.12. The summed E-state index contributed by atoms with van der Waals surface area (Å²) in [7, 11) is 1.71. The molecule has 0 aromatic heterocycles. The van der Waals surface area contributed by atoms with E-state index < -0.39 is 5.91 Å². The van der Waals surface area contributed by atoms with Gasteiger partial charge in [-0.05, 0) is 42.7 Å². The summed E-state index contributed by atoms with van der Waals surface area (Å²) < 4.78 is 5.70. The first-order valence-electron chi connectivity index (χ1n) is 10.1. The zero-order valence-electron chi connectivity index (χ0n) is 17.9. The Morgan fingerprint density at radius 1 is 1.00 bits per heavy atom. The molecule has 6 nitrogen and oxygen atoms in total. The maximum Gasteiger partial charge on any atom is 0.282 e. The molecule has 158 valence electrons. The van der Waals surface area contributed by atoms with Crippen molar-refractivity contribution in [2.75, 3.05) is 31.7 Å². The Bertz CT molecular complexity index is 946. The highest BCUT2D eigenvalue weighted by molar-refractivity contribution is 6.45. The lowest BCUT2D eigenvalue weighted by molar-refractivity contribution is -0.120. The number of benzene rings is 2. The SMILES string of the molecule is Cc1ccc(C2=C(N(C)CCO)C(=O)N(c3ccc(OCC(C)C)cc3)C2=O)cc1. The van der Waals surface area contributed by atoms with E-state index in [9.17, 15) is 14.7 Å². The summed E-state index contributed by atoms with van der Waals surface area (Å²) in [5, 5.41) is 9.36. The monoisotopic (exact) mass is 408 g/mol. The van der Waals surface area contributed by atoms with Crippen LogP contribution in [-0.4, -0.2) is 48.6 Å². The van der Waals surface area contributed by atoms with Crippen LogP contribution in [0.3, 0.4) is 0 Å². The Balaban J connectivity index is 1.96. The van der Waals surface area contributed by atoms with Gasteiger partial charge in [-0.3, -0.25) is 9.59 Å². The number of carbonyl (C=O) groups is 2. The fourth-order valence-electron chi connectivity index (χ4n) is 3.30. The lowest BCUT2D eigenvalue weighted by Crippen LogP contribution is -2.34. The summed E-state index contributed by atoms with van der Waals surface area (Å²) in [6.45, 7) is 6.82. The minimum Gasteiger partial charge on any atom is -0.493 e. The van der Waals surface area contributed by atoms with Gasteiger partial charge in [0.2, 0.25) is 0 Å². The molecule has 0 aliphatic carbocycles. The first-order valence-corrected chi connectivity index (χ1v) is 10.1. The lowest BCUT2D eigenvalue weighted by Gasteiger charge is -2.20. The number of aliphatic hydroxyl groups excluding tert-OH is 1. The molecule has 0 atom stereocenters. The molecule has 2 aromatic carbocycles. The van der Waals surface area contributed by atoms with E-state index in [0.717, 1.165) is 5.56 Å². The Morgan fingerprint density at radius 3 is 2.20 bits per heavy atom. The summed E-state index contributed by atoms with van der Waals surface area (Å²) in [6.07, 6.45) is 0. The zero-order valence-corrected chi connectivity index (χ0v) is 17.9. The number of amides is 2. The number of aryl methyl sites for hydroxylation is 1. The zero-order chi connectivity index (χ0) is 21.8. The molecular weight excluding hydrogens is 380 g/mol. The van der Waals surface area contributed by atoms with Crippen molar-refractivity contribution in [3.8, 4) is 5.75 Å². The highest BCUT2D eigenvalue weighted by Gasteiger charge is 2.41. The molecule has 0 spiro atoms. The van der Waals surface area contributed by atoms with Gasteiger partial charge in [-0.15, -0.1) is 0 Å². The first-order chi connectivity index (χ1) is 14.3. The average Bonchev–Trinajstić information content (AvgIpc) is 2.98. The van der Waals surface area contributed by atoms with Crippen molar-refractivity contribution < 1.29 is 19.4 Å². The topological polar surface area (TPSA) is 70.1 Å². The maximum absolute atomic E-state index is 13.3. The third-order valence-electron chi connectivity index (χ3n) is 4.90. The third kappa shape index (κ3) is 4.39. The van der Waals surface area contributed by atoms with Gasteiger partial charge in [-0.1, -0.05) is 43.7 Å². The minimum absolute atomic E-state index is 0.121. The van der Waals surface area contributed by atoms with Crippen molar-refractivity contribution >= 4 is 23.1 Å². The Kier molecular flexibility index (Phi) is 6.57. The molecule has 2 amide bonds. The van der Waals surface area contributed by atoms with E-state index >= 15 is 0 Å². The van der Waals surface area contributed by atoms with Gasteiger partial charge >= 0.3 is 0 Å². The van der Waals surface area contributed by atoms with Crippen LogP contribution in [0.5, 0.6) is 5.75 Å². The van der Waals surface area contributed by atoms with E-state index in [4.69, 9.17) is 4.74 Å². The molecule has 1 N–H and O–H groups in total. The van der Waals surface area contributed by atoms with E-state index in [0.29, 0.717) is 35.1 Å². The largest absolute Gasteiger partial charge is 0.493 e. The Morgan fingerprint density at radius 2 is 1.63 bits per heavy atom. The van der Waals surface area contributed by atoms with Gasteiger partial charge in [0, 0.05) is 13.6 Å². The molecule has 6 heteroatoms. The number of hydrogen-bond donors (Lipinski definition) is 1. The molecule has 0 saturated heterocycles. The van der Waals surface area contributed by atoms with Crippen LogP contribution in [0.15, 0.2) is 54.2 Å². The van der Waals surface area contributed by atoms with Crippen molar-refractivity contribution in [1.82, 2.24) is 4.90 Å². The average molecular weight is 408 g/mol. The molecule has 3 rings (SSSR count). The van der Waals surface area contributed by atoms with Crippen LogP contribution in [-0.2, 0) is 9.59 Å². The van der Waals surface area contributed by atoms with Crippen LogP contribution in [0, 0.1) is 12.8 Å². The quantitative estimate of drug-likeness (QED) is 0.679. The van der Waals surface area contributed by atoms with E-state index in [2.05, 4.69) is 13.8 Å². The normalized spacial score (nSPS) is 14.1. The molecule has 1 aliphatic heterocycles. The predicted molar refractivity (Wildman–Crippen MR) is 117 cm³/mol. The maximum atomic E-state index is 13.3. The molecule has 1 aliphatic rings. The van der Waals surface area contributed by atoms with Crippen molar-refractivity contribution in [1.29, 1.82) is 0 Å². The van der Waals surface area contributed by atoms with Gasteiger partial charge in [0.25, 0.3) is 11.8 Å². The Labute approximate surface area is 177 Å². The van der Waals surface area contributed by atoms with Crippen molar-refractivity contribution in [3.63, 3.8) is 0 Å². The van der Waals surface area contributed by atoms with E-state index in [1.54, 1.807) is 36.2 Å². The number of ether oxygens (including phenoxy) is 1. The number of hydrogen-bond acceptors (Lipinski definition) is 5. The fraction of sp³-hybridized carbons (Fsp3) is 0.333. The highest BCUT2D eigenvalue weighted by atomic mass is 16.5. The van der Waals surface area contributed by atoms with E-state index in [1.807, 2.05) is 31.2 Å². The second-order valence-corrected chi connectivity index (χ2v) is 7.88. The standard InChI is InChI=1S/C24H28N2O4/c1-16(2)15-30-20-11-9-19(10-12-20)26-23(28)21(18-7-5-17(3)6-8-18)22(24(26)29)25(4)13-14-27/h5-12,16,27H,13-15H2,1-4H3. The molecule has 2 aromatic rings. The van der Waals surface area contributed by atoms with Crippen molar-refractivity contribution in [3.05, 3.63) is 65.4 Å². The molecule has 0 bridgehead atoms.